The van der Waals surface area contributed by atoms with E-state index >= 15 is 0 Å². The SMILES string of the molecule is CCc1cc(C(=O)NC2CC2)cnc1Nc1cc2c(cn1)N(C)C(=O)C(CC)N2C1CCCC1. The monoisotopic (exact) mass is 462 g/mol. The van der Waals surface area contributed by atoms with Crippen molar-refractivity contribution in [1.82, 2.24) is 15.3 Å². The Morgan fingerprint density at radius 2 is 1.82 bits per heavy atom. The van der Waals surface area contributed by atoms with Crippen LogP contribution in [0.2, 0.25) is 0 Å². The van der Waals surface area contributed by atoms with Gasteiger partial charge < -0.3 is 20.4 Å². The van der Waals surface area contributed by atoms with Crippen LogP contribution in [0.5, 0.6) is 0 Å². The Morgan fingerprint density at radius 1 is 1.06 bits per heavy atom. The molecule has 2 saturated carbocycles. The zero-order valence-electron chi connectivity index (χ0n) is 20.3. The average molecular weight is 463 g/mol. The molecule has 0 bridgehead atoms. The first-order chi connectivity index (χ1) is 16.5. The van der Waals surface area contributed by atoms with E-state index in [1.54, 1.807) is 17.3 Å². The third-order valence-electron chi connectivity index (χ3n) is 7.33. The number of nitrogens with one attached hydrogen (secondary N) is 2. The summed E-state index contributed by atoms with van der Waals surface area (Å²) in [5, 5.41) is 6.40. The minimum absolute atomic E-state index is 0.0614. The second-order valence-electron chi connectivity index (χ2n) is 9.68. The van der Waals surface area contributed by atoms with E-state index in [0.717, 1.165) is 55.5 Å². The zero-order chi connectivity index (χ0) is 23.8. The Kier molecular flexibility index (Phi) is 6.15. The molecular weight excluding hydrogens is 428 g/mol. The molecular formula is C26H34N6O2. The highest BCUT2D eigenvalue weighted by atomic mass is 16.2. The zero-order valence-corrected chi connectivity index (χ0v) is 20.3. The highest BCUT2D eigenvalue weighted by Crippen LogP contribution is 2.42. The lowest BCUT2D eigenvalue weighted by atomic mass is 10.0. The largest absolute Gasteiger partial charge is 0.355 e. The summed E-state index contributed by atoms with van der Waals surface area (Å²) in [5.74, 6) is 1.47. The predicted molar refractivity (Wildman–Crippen MR) is 134 cm³/mol. The average Bonchev–Trinajstić information content (AvgIpc) is 3.50. The van der Waals surface area contributed by atoms with Crippen molar-refractivity contribution in [2.45, 2.75) is 83.3 Å². The normalized spacial score (nSPS) is 20.4. The number of fused-ring (bicyclic) bond motifs is 1. The Balaban J connectivity index is 1.45. The van der Waals surface area contributed by atoms with Gasteiger partial charge in [0, 0.05) is 31.4 Å². The maximum atomic E-state index is 13.1. The van der Waals surface area contributed by atoms with Crippen LogP contribution in [0.25, 0.3) is 0 Å². The first kappa shape index (κ1) is 22.6. The maximum Gasteiger partial charge on any atom is 0.253 e. The number of hydrogen-bond donors (Lipinski definition) is 2. The van der Waals surface area contributed by atoms with Crippen LogP contribution in [-0.2, 0) is 11.2 Å². The quantitative estimate of drug-likeness (QED) is 0.642. The Hall–Kier alpha value is -3.16. The molecule has 8 nitrogen and oxygen atoms in total. The molecule has 8 heteroatoms. The molecule has 1 unspecified atom stereocenters. The number of nitrogens with zero attached hydrogens (tertiary/aromatic N) is 4. The number of amides is 2. The van der Waals surface area contributed by atoms with Crippen LogP contribution in [0.1, 0.15) is 74.7 Å². The molecule has 2 N–H and O–H groups in total. The molecule has 2 aromatic heterocycles. The number of carbonyl (C=O) groups is 2. The standard InChI is InChI=1S/C26H34N6O2/c1-4-16-12-17(25(33)29-18-10-11-18)14-28-24(16)30-23-13-21-22(15-27-23)31(3)26(34)20(5-2)32(21)19-8-6-7-9-19/h12-15,18-20H,4-11H2,1-3H3,(H,29,33)(H,27,28,30). The first-order valence-corrected chi connectivity index (χ1v) is 12.6. The smallest absolute Gasteiger partial charge is 0.253 e. The lowest BCUT2D eigenvalue weighted by Crippen LogP contribution is -2.55. The number of aryl methyl sites for hydroxylation is 1. The number of carbonyl (C=O) groups excluding carboxylic acids is 2. The molecule has 5 rings (SSSR count). The van der Waals surface area contributed by atoms with Crippen LogP contribution >= 0.6 is 0 Å². The molecule has 0 saturated heterocycles. The summed E-state index contributed by atoms with van der Waals surface area (Å²) < 4.78 is 0. The van der Waals surface area contributed by atoms with E-state index in [0.29, 0.717) is 29.3 Å². The molecule has 2 aliphatic carbocycles. The maximum absolute atomic E-state index is 13.1. The molecule has 2 aromatic rings. The van der Waals surface area contributed by atoms with Gasteiger partial charge in [-0.25, -0.2) is 9.97 Å². The molecule has 1 aliphatic heterocycles. The van der Waals surface area contributed by atoms with Crippen LogP contribution in [0.15, 0.2) is 24.5 Å². The van der Waals surface area contributed by atoms with Crippen LogP contribution in [-0.4, -0.2) is 47.0 Å². The topological polar surface area (TPSA) is 90.5 Å². The molecule has 2 fully saturated rings. The van der Waals surface area contributed by atoms with E-state index in [4.69, 9.17) is 0 Å². The number of likely N-dealkylation sites (N-methyl/N-ethyl adjacent to an activating group) is 1. The molecule has 0 aromatic carbocycles. The van der Waals surface area contributed by atoms with Gasteiger partial charge in [0.15, 0.2) is 0 Å². The van der Waals surface area contributed by atoms with Crippen molar-refractivity contribution in [3.63, 3.8) is 0 Å². The summed E-state index contributed by atoms with van der Waals surface area (Å²) in [6, 6.07) is 4.51. The highest BCUT2D eigenvalue weighted by Gasteiger charge is 2.40. The third kappa shape index (κ3) is 4.21. The summed E-state index contributed by atoms with van der Waals surface area (Å²) in [6.45, 7) is 4.14. The van der Waals surface area contributed by atoms with E-state index in [-0.39, 0.29) is 17.9 Å². The second-order valence-corrected chi connectivity index (χ2v) is 9.68. The van der Waals surface area contributed by atoms with Crippen molar-refractivity contribution in [3.05, 3.63) is 35.7 Å². The van der Waals surface area contributed by atoms with Gasteiger partial charge in [-0.15, -0.1) is 0 Å². The fourth-order valence-corrected chi connectivity index (χ4v) is 5.24. The summed E-state index contributed by atoms with van der Waals surface area (Å²) in [5.41, 5.74) is 3.46. The molecule has 34 heavy (non-hydrogen) atoms. The van der Waals surface area contributed by atoms with E-state index < -0.39 is 0 Å². The first-order valence-electron chi connectivity index (χ1n) is 12.6. The predicted octanol–water partition coefficient (Wildman–Crippen LogP) is 4.18. The van der Waals surface area contributed by atoms with E-state index in [1.165, 1.54) is 12.8 Å². The van der Waals surface area contributed by atoms with Gasteiger partial charge in [-0.2, -0.15) is 0 Å². The summed E-state index contributed by atoms with van der Waals surface area (Å²) in [7, 11) is 1.84. The number of rotatable bonds is 7. The summed E-state index contributed by atoms with van der Waals surface area (Å²) in [6.07, 6.45) is 11.7. The minimum Gasteiger partial charge on any atom is -0.355 e. The van der Waals surface area contributed by atoms with Crippen molar-refractivity contribution >= 4 is 34.8 Å². The van der Waals surface area contributed by atoms with Gasteiger partial charge in [0.25, 0.3) is 5.91 Å². The van der Waals surface area contributed by atoms with Crippen LogP contribution in [0, 0.1) is 0 Å². The van der Waals surface area contributed by atoms with Gasteiger partial charge in [0.2, 0.25) is 5.91 Å². The molecule has 2 amide bonds. The van der Waals surface area contributed by atoms with Gasteiger partial charge in [-0.1, -0.05) is 26.7 Å². The number of anilines is 4. The van der Waals surface area contributed by atoms with Crippen molar-refractivity contribution < 1.29 is 9.59 Å². The lowest BCUT2D eigenvalue weighted by Gasteiger charge is -2.44. The Bertz CT molecular complexity index is 1090. The summed E-state index contributed by atoms with van der Waals surface area (Å²) >= 11 is 0. The van der Waals surface area contributed by atoms with E-state index in [1.807, 2.05) is 19.2 Å². The third-order valence-corrected chi connectivity index (χ3v) is 7.33. The molecule has 3 aliphatic rings. The van der Waals surface area contributed by atoms with Crippen LogP contribution in [0.4, 0.5) is 23.0 Å². The van der Waals surface area contributed by atoms with E-state index in [2.05, 4.69) is 39.3 Å². The van der Waals surface area contributed by atoms with Crippen molar-refractivity contribution in [2.75, 3.05) is 22.2 Å². The molecule has 3 heterocycles. The molecule has 0 radical (unpaired) electrons. The van der Waals surface area contributed by atoms with Crippen molar-refractivity contribution in [1.29, 1.82) is 0 Å². The lowest BCUT2D eigenvalue weighted by molar-refractivity contribution is -0.120. The van der Waals surface area contributed by atoms with Gasteiger partial charge in [-0.05, 0) is 50.2 Å². The molecule has 0 spiro atoms. The van der Waals surface area contributed by atoms with E-state index in [9.17, 15) is 9.59 Å². The number of pyridine rings is 2. The highest BCUT2D eigenvalue weighted by molar-refractivity contribution is 6.05. The Labute approximate surface area is 201 Å². The van der Waals surface area contributed by atoms with Gasteiger partial charge >= 0.3 is 0 Å². The Morgan fingerprint density at radius 3 is 2.50 bits per heavy atom. The summed E-state index contributed by atoms with van der Waals surface area (Å²) in [4.78, 5) is 38.8. The molecule has 1 atom stereocenters. The van der Waals surface area contributed by atoms with Crippen molar-refractivity contribution in [3.8, 4) is 0 Å². The minimum atomic E-state index is -0.149. The number of aromatic nitrogens is 2. The van der Waals surface area contributed by atoms with Gasteiger partial charge in [-0.3, -0.25) is 9.59 Å². The number of hydrogen-bond acceptors (Lipinski definition) is 6. The van der Waals surface area contributed by atoms with Crippen LogP contribution in [0.3, 0.4) is 0 Å². The van der Waals surface area contributed by atoms with Crippen LogP contribution < -0.4 is 20.4 Å². The van der Waals surface area contributed by atoms with Gasteiger partial charge in [0.05, 0.1) is 23.1 Å². The van der Waals surface area contributed by atoms with Gasteiger partial charge in [0.1, 0.15) is 17.7 Å². The van der Waals surface area contributed by atoms with Crippen molar-refractivity contribution in [2.24, 2.45) is 0 Å². The second kappa shape index (κ2) is 9.24. The fraction of sp³-hybridized carbons (Fsp3) is 0.538. The molecule has 180 valence electrons. The fourth-order valence-electron chi connectivity index (χ4n) is 5.24.